The minimum Gasteiger partial charge on any atom is -0.308 e. The third-order valence-corrected chi connectivity index (χ3v) is 5.87. The summed E-state index contributed by atoms with van der Waals surface area (Å²) < 4.78 is 0. The molecule has 2 heteroatoms. The molecule has 0 bridgehead atoms. The Morgan fingerprint density at radius 2 is 1.22 bits per heavy atom. The van der Waals surface area contributed by atoms with E-state index in [4.69, 9.17) is 0 Å². The van der Waals surface area contributed by atoms with Crippen molar-refractivity contribution in [3.63, 3.8) is 0 Å². The number of unbranched alkanes of at least 4 members (excludes halogenated alkanes) is 1. The van der Waals surface area contributed by atoms with Gasteiger partial charge >= 0.3 is 0 Å². The summed E-state index contributed by atoms with van der Waals surface area (Å²) in [5, 5.41) is 7.65. The fraction of sp³-hybridized carbons (Fsp3) is 0.520. The molecule has 0 saturated heterocycles. The number of aryl methyl sites for hydroxylation is 2. The van der Waals surface area contributed by atoms with Crippen LogP contribution in [0.15, 0.2) is 48.5 Å². The predicted molar refractivity (Wildman–Crippen MR) is 116 cm³/mol. The van der Waals surface area contributed by atoms with E-state index < -0.39 is 0 Å². The average Bonchev–Trinajstić information content (AvgIpc) is 2.71. The van der Waals surface area contributed by atoms with Crippen LogP contribution in [0.25, 0.3) is 0 Å². The molecule has 27 heavy (non-hydrogen) atoms. The minimum atomic E-state index is 0.573. The first-order valence-corrected chi connectivity index (χ1v) is 10.8. The number of hydrogen-bond donors (Lipinski definition) is 2. The lowest BCUT2D eigenvalue weighted by Gasteiger charge is -2.33. The van der Waals surface area contributed by atoms with Crippen LogP contribution in [0.5, 0.6) is 0 Å². The Bertz CT molecular complexity index is 660. The van der Waals surface area contributed by atoms with Crippen molar-refractivity contribution in [1.29, 1.82) is 0 Å². The number of benzene rings is 2. The van der Waals surface area contributed by atoms with Crippen LogP contribution in [0, 0.1) is 6.92 Å². The van der Waals surface area contributed by atoms with Gasteiger partial charge in [-0.1, -0.05) is 80.3 Å². The van der Waals surface area contributed by atoms with Crippen LogP contribution in [0.4, 0.5) is 0 Å². The van der Waals surface area contributed by atoms with E-state index in [0.29, 0.717) is 12.1 Å². The normalized spacial score (nSPS) is 19.9. The highest BCUT2D eigenvalue weighted by Gasteiger charge is 2.24. The van der Waals surface area contributed by atoms with Gasteiger partial charge in [-0.25, -0.2) is 0 Å². The zero-order chi connectivity index (χ0) is 18.9. The summed E-state index contributed by atoms with van der Waals surface area (Å²) in [5.74, 6) is 0. The van der Waals surface area contributed by atoms with E-state index in [1.54, 1.807) is 0 Å². The number of nitrogens with one attached hydrogen (secondary N) is 2. The van der Waals surface area contributed by atoms with Crippen molar-refractivity contribution in [3.8, 4) is 0 Å². The van der Waals surface area contributed by atoms with Crippen molar-refractivity contribution in [2.24, 2.45) is 0 Å². The maximum Gasteiger partial charge on any atom is 0.0224 e. The number of rotatable bonds is 9. The van der Waals surface area contributed by atoms with Crippen molar-refractivity contribution < 1.29 is 0 Å². The SMILES string of the molecule is CCCCc1ccc(CNC2CCCCC2NCc2ccc(C)cc2)cc1. The Kier molecular flexibility index (Phi) is 7.92. The van der Waals surface area contributed by atoms with Crippen LogP contribution in [0.2, 0.25) is 0 Å². The summed E-state index contributed by atoms with van der Waals surface area (Å²) >= 11 is 0. The molecule has 2 aromatic rings. The maximum absolute atomic E-state index is 3.83. The summed E-state index contributed by atoms with van der Waals surface area (Å²) in [6, 6.07) is 19.3. The van der Waals surface area contributed by atoms with E-state index >= 15 is 0 Å². The van der Waals surface area contributed by atoms with Crippen LogP contribution in [0.1, 0.15) is 67.7 Å². The van der Waals surface area contributed by atoms with Gasteiger partial charge in [-0.2, -0.15) is 0 Å². The van der Waals surface area contributed by atoms with Gasteiger partial charge in [0, 0.05) is 25.2 Å². The van der Waals surface area contributed by atoms with Crippen molar-refractivity contribution in [1.82, 2.24) is 10.6 Å². The zero-order valence-corrected chi connectivity index (χ0v) is 17.1. The molecular formula is C25H36N2. The lowest BCUT2D eigenvalue weighted by atomic mass is 9.90. The summed E-state index contributed by atoms with van der Waals surface area (Å²) in [6.07, 6.45) is 9.00. The molecule has 2 atom stereocenters. The molecule has 2 unspecified atom stereocenters. The summed E-state index contributed by atoms with van der Waals surface area (Å²) in [7, 11) is 0. The van der Waals surface area contributed by atoms with E-state index in [2.05, 4.69) is 73.0 Å². The molecule has 146 valence electrons. The van der Waals surface area contributed by atoms with Crippen LogP contribution in [0.3, 0.4) is 0 Å². The molecule has 1 aliphatic carbocycles. The van der Waals surface area contributed by atoms with Crippen LogP contribution < -0.4 is 10.6 Å². The molecule has 0 heterocycles. The lowest BCUT2D eigenvalue weighted by Crippen LogP contribution is -2.49. The largest absolute Gasteiger partial charge is 0.308 e. The zero-order valence-electron chi connectivity index (χ0n) is 17.1. The molecule has 0 spiro atoms. The quantitative estimate of drug-likeness (QED) is 0.611. The molecule has 0 aromatic heterocycles. The lowest BCUT2D eigenvalue weighted by molar-refractivity contribution is 0.281. The molecule has 2 N–H and O–H groups in total. The molecule has 1 fully saturated rings. The van der Waals surface area contributed by atoms with Crippen molar-refractivity contribution >= 4 is 0 Å². The smallest absolute Gasteiger partial charge is 0.0224 e. The second-order valence-corrected chi connectivity index (χ2v) is 8.16. The van der Waals surface area contributed by atoms with E-state index in [-0.39, 0.29) is 0 Å². The number of hydrogen-bond acceptors (Lipinski definition) is 2. The highest BCUT2D eigenvalue weighted by Crippen LogP contribution is 2.20. The average molecular weight is 365 g/mol. The second-order valence-electron chi connectivity index (χ2n) is 8.16. The van der Waals surface area contributed by atoms with Gasteiger partial charge in [0.05, 0.1) is 0 Å². The van der Waals surface area contributed by atoms with Crippen molar-refractivity contribution in [2.75, 3.05) is 0 Å². The Hall–Kier alpha value is -1.64. The molecule has 1 saturated carbocycles. The van der Waals surface area contributed by atoms with Crippen molar-refractivity contribution in [2.45, 2.75) is 84.0 Å². The summed E-state index contributed by atoms with van der Waals surface area (Å²) in [6.45, 7) is 6.34. The Labute approximate surface area is 165 Å². The maximum atomic E-state index is 3.83. The van der Waals surface area contributed by atoms with Crippen LogP contribution >= 0.6 is 0 Å². The highest BCUT2D eigenvalue weighted by atomic mass is 15.0. The molecule has 0 aliphatic heterocycles. The fourth-order valence-electron chi connectivity index (χ4n) is 4.03. The molecule has 0 amide bonds. The van der Waals surface area contributed by atoms with Gasteiger partial charge < -0.3 is 10.6 Å². The fourth-order valence-corrected chi connectivity index (χ4v) is 4.03. The van der Waals surface area contributed by atoms with Gasteiger partial charge in [-0.15, -0.1) is 0 Å². The van der Waals surface area contributed by atoms with Gasteiger partial charge in [0.2, 0.25) is 0 Å². The van der Waals surface area contributed by atoms with E-state index in [1.165, 1.54) is 67.2 Å². The first-order valence-electron chi connectivity index (χ1n) is 10.8. The van der Waals surface area contributed by atoms with Crippen LogP contribution in [-0.2, 0) is 19.5 Å². The van der Waals surface area contributed by atoms with Gasteiger partial charge in [-0.05, 0) is 49.3 Å². The summed E-state index contributed by atoms with van der Waals surface area (Å²) in [4.78, 5) is 0. The summed E-state index contributed by atoms with van der Waals surface area (Å²) in [5.41, 5.74) is 5.58. The van der Waals surface area contributed by atoms with Crippen LogP contribution in [-0.4, -0.2) is 12.1 Å². The topological polar surface area (TPSA) is 24.1 Å². The molecule has 3 rings (SSSR count). The monoisotopic (exact) mass is 364 g/mol. The molecule has 1 aliphatic rings. The minimum absolute atomic E-state index is 0.573. The first-order chi connectivity index (χ1) is 13.2. The standard InChI is InChI=1S/C25H36N2/c1-3-4-7-21-14-16-23(17-15-21)19-27-25-9-6-5-8-24(25)26-18-22-12-10-20(2)11-13-22/h10-17,24-27H,3-9,18-19H2,1-2H3. The highest BCUT2D eigenvalue weighted by molar-refractivity contribution is 5.23. The van der Waals surface area contributed by atoms with Gasteiger partial charge in [0.25, 0.3) is 0 Å². The second kappa shape index (κ2) is 10.6. The van der Waals surface area contributed by atoms with E-state index in [0.717, 1.165) is 13.1 Å². The van der Waals surface area contributed by atoms with Gasteiger partial charge in [-0.3, -0.25) is 0 Å². The molecule has 0 radical (unpaired) electrons. The van der Waals surface area contributed by atoms with Gasteiger partial charge in [0.1, 0.15) is 0 Å². The first kappa shape index (κ1) is 20.1. The molecular weight excluding hydrogens is 328 g/mol. The Morgan fingerprint density at radius 3 is 1.74 bits per heavy atom. The molecule has 2 nitrogen and oxygen atoms in total. The predicted octanol–water partition coefficient (Wildman–Crippen LogP) is 5.53. The third-order valence-electron chi connectivity index (χ3n) is 5.87. The molecule has 2 aromatic carbocycles. The third kappa shape index (κ3) is 6.48. The van der Waals surface area contributed by atoms with Crippen molar-refractivity contribution in [3.05, 3.63) is 70.8 Å². The van der Waals surface area contributed by atoms with E-state index in [1.807, 2.05) is 0 Å². The Balaban J connectivity index is 1.48. The van der Waals surface area contributed by atoms with Gasteiger partial charge in [0.15, 0.2) is 0 Å². The van der Waals surface area contributed by atoms with E-state index in [9.17, 15) is 0 Å². The Morgan fingerprint density at radius 1 is 0.741 bits per heavy atom.